The number of amides is 1. The summed E-state index contributed by atoms with van der Waals surface area (Å²) in [4.78, 5) is 17.4. The summed E-state index contributed by atoms with van der Waals surface area (Å²) in [6.45, 7) is 8.02. The van der Waals surface area contributed by atoms with Gasteiger partial charge in [0.15, 0.2) is 0 Å². The number of benzene rings is 2. The van der Waals surface area contributed by atoms with Crippen LogP contribution in [0.3, 0.4) is 0 Å². The lowest BCUT2D eigenvalue weighted by Gasteiger charge is -2.12. The van der Waals surface area contributed by atoms with Crippen molar-refractivity contribution in [1.82, 2.24) is 14.8 Å². The highest BCUT2D eigenvalue weighted by atomic mass is 32.1. The molecule has 0 aliphatic carbocycles. The second-order valence-corrected chi connectivity index (χ2v) is 7.67. The number of carbonyl (C=O) groups excluding carboxylic acids is 1. The summed E-state index contributed by atoms with van der Waals surface area (Å²) in [5.74, 6) is -0.107. The summed E-state index contributed by atoms with van der Waals surface area (Å²) in [6.07, 6.45) is 0. The van der Waals surface area contributed by atoms with Crippen LogP contribution in [-0.4, -0.2) is 20.7 Å². The highest BCUT2D eigenvalue weighted by molar-refractivity contribution is 7.21. The zero-order valence-corrected chi connectivity index (χ0v) is 16.5. The maximum atomic E-state index is 12.6. The molecule has 0 aliphatic rings. The van der Waals surface area contributed by atoms with Crippen LogP contribution >= 0.6 is 11.3 Å². The quantitative estimate of drug-likeness (QED) is 0.549. The van der Waals surface area contributed by atoms with Crippen LogP contribution in [0.1, 0.15) is 32.9 Å². The first-order valence-corrected chi connectivity index (χ1v) is 9.56. The molecule has 4 aromatic rings. The third-order valence-electron chi connectivity index (χ3n) is 4.57. The van der Waals surface area contributed by atoms with Crippen molar-refractivity contribution >= 4 is 33.1 Å². The van der Waals surface area contributed by atoms with Gasteiger partial charge in [0.25, 0.3) is 5.91 Å². The van der Waals surface area contributed by atoms with Crippen molar-refractivity contribution in [2.24, 2.45) is 0 Å². The second kappa shape index (κ2) is 6.63. The lowest BCUT2D eigenvalue weighted by Crippen LogP contribution is -2.13. The molecule has 6 heteroatoms. The molecule has 0 bridgehead atoms. The zero-order chi connectivity index (χ0) is 19.1. The first-order chi connectivity index (χ1) is 12.9. The Hall–Kier alpha value is -2.99. The van der Waals surface area contributed by atoms with Crippen LogP contribution in [-0.2, 0) is 0 Å². The molecule has 4 rings (SSSR count). The van der Waals surface area contributed by atoms with Crippen LogP contribution in [0.2, 0.25) is 0 Å². The highest BCUT2D eigenvalue weighted by Crippen LogP contribution is 2.35. The molecule has 136 valence electrons. The highest BCUT2D eigenvalue weighted by Gasteiger charge is 2.17. The number of nitrogens with one attached hydrogen (secondary N) is 1. The lowest BCUT2D eigenvalue weighted by atomic mass is 10.1. The molecule has 0 aliphatic heterocycles. The molecule has 2 aromatic heterocycles. The van der Waals surface area contributed by atoms with E-state index in [0.29, 0.717) is 5.56 Å². The van der Waals surface area contributed by atoms with Crippen molar-refractivity contribution in [3.8, 4) is 5.13 Å². The summed E-state index contributed by atoms with van der Waals surface area (Å²) in [6, 6.07) is 13.3. The van der Waals surface area contributed by atoms with Gasteiger partial charge in [-0.25, -0.2) is 9.67 Å². The molecular weight excluding hydrogens is 356 g/mol. The largest absolute Gasteiger partial charge is 0.321 e. The van der Waals surface area contributed by atoms with E-state index in [1.54, 1.807) is 11.3 Å². The number of hydrogen-bond donors (Lipinski definition) is 1. The number of carbonyl (C=O) groups is 1. The number of aryl methyl sites for hydroxylation is 4. The van der Waals surface area contributed by atoms with Crippen LogP contribution in [0.15, 0.2) is 42.5 Å². The average Bonchev–Trinajstić information content (AvgIpc) is 3.21. The first kappa shape index (κ1) is 17.4. The van der Waals surface area contributed by atoms with Gasteiger partial charge in [-0.1, -0.05) is 29.5 Å². The van der Waals surface area contributed by atoms with Crippen molar-refractivity contribution in [3.05, 3.63) is 70.5 Å². The summed E-state index contributed by atoms with van der Waals surface area (Å²) in [5.41, 5.74) is 6.46. The standard InChI is InChI=1S/C21H20N4OS/c1-12-10-17-19(27-21(22-17)25-14(3)11-13(2)24-25)15(4)18(12)23-20(26)16-8-6-5-7-9-16/h5-11H,1-4H3,(H,23,26). The Bertz CT molecular complexity index is 1160. The monoisotopic (exact) mass is 376 g/mol. The van der Waals surface area contributed by atoms with Gasteiger partial charge < -0.3 is 5.32 Å². The predicted octanol–water partition coefficient (Wildman–Crippen LogP) is 4.97. The Morgan fingerprint density at radius 3 is 2.48 bits per heavy atom. The number of aromatic nitrogens is 3. The molecule has 0 saturated carbocycles. The molecule has 0 atom stereocenters. The van der Waals surface area contributed by atoms with Crippen molar-refractivity contribution in [3.63, 3.8) is 0 Å². The Labute approximate surface area is 161 Å². The van der Waals surface area contributed by atoms with Gasteiger partial charge in [-0.15, -0.1) is 0 Å². The van der Waals surface area contributed by atoms with E-state index in [9.17, 15) is 4.79 Å². The molecule has 0 spiro atoms. The van der Waals surface area contributed by atoms with Crippen LogP contribution in [0.5, 0.6) is 0 Å². The van der Waals surface area contributed by atoms with Crippen molar-refractivity contribution < 1.29 is 4.79 Å². The Balaban J connectivity index is 1.77. The molecule has 0 unspecified atom stereocenters. The number of nitrogens with zero attached hydrogens (tertiary/aromatic N) is 3. The van der Waals surface area contributed by atoms with E-state index in [2.05, 4.69) is 10.4 Å². The second-order valence-electron chi connectivity index (χ2n) is 6.70. The molecule has 0 saturated heterocycles. The minimum absolute atomic E-state index is 0.107. The Morgan fingerprint density at radius 1 is 1.07 bits per heavy atom. The van der Waals surface area contributed by atoms with Crippen molar-refractivity contribution in [1.29, 1.82) is 0 Å². The molecule has 0 radical (unpaired) electrons. The van der Waals surface area contributed by atoms with E-state index in [1.807, 2.05) is 74.8 Å². The Morgan fingerprint density at radius 2 is 1.81 bits per heavy atom. The fraction of sp³-hybridized carbons (Fsp3) is 0.190. The van der Waals surface area contributed by atoms with Gasteiger partial charge in [0.2, 0.25) is 5.13 Å². The summed E-state index contributed by atoms with van der Waals surface area (Å²) >= 11 is 1.59. The molecule has 1 N–H and O–H groups in total. The van der Waals surface area contributed by atoms with Gasteiger partial charge in [-0.2, -0.15) is 5.10 Å². The third kappa shape index (κ3) is 3.13. The summed E-state index contributed by atoms with van der Waals surface area (Å²) < 4.78 is 2.93. The van der Waals surface area contributed by atoms with Gasteiger partial charge in [0.05, 0.1) is 15.9 Å². The number of thiazole rings is 1. The van der Waals surface area contributed by atoms with Crippen LogP contribution in [0, 0.1) is 27.7 Å². The van der Waals surface area contributed by atoms with E-state index in [4.69, 9.17) is 4.98 Å². The van der Waals surface area contributed by atoms with Gasteiger partial charge in [-0.05, 0) is 63.1 Å². The van der Waals surface area contributed by atoms with E-state index in [1.165, 1.54) is 0 Å². The summed E-state index contributed by atoms with van der Waals surface area (Å²) in [5, 5.41) is 8.44. The van der Waals surface area contributed by atoms with Crippen LogP contribution in [0.4, 0.5) is 5.69 Å². The molecule has 2 heterocycles. The van der Waals surface area contributed by atoms with E-state index in [0.717, 1.165) is 43.6 Å². The van der Waals surface area contributed by atoms with Gasteiger partial charge in [0, 0.05) is 16.9 Å². The minimum Gasteiger partial charge on any atom is -0.321 e. The molecule has 1 amide bonds. The lowest BCUT2D eigenvalue weighted by molar-refractivity contribution is 0.102. The fourth-order valence-electron chi connectivity index (χ4n) is 3.25. The first-order valence-electron chi connectivity index (χ1n) is 8.75. The maximum absolute atomic E-state index is 12.6. The predicted molar refractivity (Wildman–Crippen MR) is 110 cm³/mol. The SMILES string of the molecule is Cc1cc(C)n(-c2nc3cc(C)c(NC(=O)c4ccccc4)c(C)c3s2)n1. The Kier molecular flexibility index (Phi) is 4.28. The van der Waals surface area contributed by atoms with Crippen molar-refractivity contribution in [2.75, 3.05) is 5.32 Å². The number of fused-ring (bicyclic) bond motifs is 1. The molecular formula is C21H20N4OS. The van der Waals surface area contributed by atoms with E-state index < -0.39 is 0 Å². The number of hydrogen-bond acceptors (Lipinski definition) is 4. The third-order valence-corrected chi connectivity index (χ3v) is 5.74. The van der Waals surface area contributed by atoms with Crippen LogP contribution in [0.25, 0.3) is 15.3 Å². The van der Waals surface area contributed by atoms with Gasteiger partial charge >= 0.3 is 0 Å². The topological polar surface area (TPSA) is 59.8 Å². The zero-order valence-electron chi connectivity index (χ0n) is 15.7. The molecule has 27 heavy (non-hydrogen) atoms. The van der Waals surface area contributed by atoms with E-state index >= 15 is 0 Å². The molecule has 2 aromatic carbocycles. The molecule has 5 nitrogen and oxygen atoms in total. The fourth-order valence-corrected chi connectivity index (χ4v) is 4.32. The van der Waals surface area contributed by atoms with Crippen LogP contribution < -0.4 is 5.32 Å². The van der Waals surface area contributed by atoms with Gasteiger partial charge in [-0.3, -0.25) is 4.79 Å². The number of rotatable bonds is 3. The number of anilines is 1. The minimum atomic E-state index is -0.107. The smallest absolute Gasteiger partial charge is 0.255 e. The van der Waals surface area contributed by atoms with Gasteiger partial charge in [0.1, 0.15) is 0 Å². The van der Waals surface area contributed by atoms with E-state index in [-0.39, 0.29) is 5.91 Å². The normalized spacial score (nSPS) is 11.1. The summed E-state index contributed by atoms with van der Waals surface area (Å²) in [7, 11) is 0. The maximum Gasteiger partial charge on any atom is 0.255 e. The molecule has 0 fully saturated rings. The van der Waals surface area contributed by atoms with Crippen molar-refractivity contribution in [2.45, 2.75) is 27.7 Å². The average molecular weight is 376 g/mol.